The van der Waals surface area contributed by atoms with Crippen molar-refractivity contribution in [3.63, 3.8) is 0 Å². The molecule has 0 fully saturated rings. The van der Waals surface area contributed by atoms with E-state index < -0.39 is 4.92 Å². The lowest BCUT2D eigenvalue weighted by atomic mass is 10.2. The first kappa shape index (κ1) is 14.4. The second-order valence-electron chi connectivity index (χ2n) is 4.21. The number of benzene rings is 1. The van der Waals surface area contributed by atoms with Crippen LogP contribution in [-0.2, 0) is 0 Å². The Morgan fingerprint density at radius 3 is 2.90 bits per heavy atom. The molecule has 1 amide bonds. The molecule has 1 aromatic heterocycles. The van der Waals surface area contributed by atoms with Crippen LogP contribution in [0.25, 0.3) is 0 Å². The van der Waals surface area contributed by atoms with Crippen LogP contribution in [-0.4, -0.2) is 22.4 Å². The number of nitro groups is 1. The van der Waals surface area contributed by atoms with Crippen molar-refractivity contribution < 1.29 is 9.72 Å². The standard InChI is InChI=1S/C14H14N4O3/c1-2-16-13-9-15-7-6-12(13)14(19)17-10-4-3-5-11(8-10)18(20)21/h3-9,16H,2H2,1H3,(H,17,19). The summed E-state index contributed by atoms with van der Waals surface area (Å²) in [4.78, 5) is 26.4. The summed E-state index contributed by atoms with van der Waals surface area (Å²) < 4.78 is 0. The Balaban J connectivity index is 2.22. The zero-order chi connectivity index (χ0) is 15.2. The molecular formula is C14H14N4O3. The van der Waals surface area contributed by atoms with Crippen molar-refractivity contribution in [3.8, 4) is 0 Å². The number of carbonyl (C=O) groups is 1. The highest BCUT2D eigenvalue weighted by Crippen LogP contribution is 2.19. The van der Waals surface area contributed by atoms with E-state index >= 15 is 0 Å². The average molecular weight is 286 g/mol. The van der Waals surface area contributed by atoms with Crippen LogP contribution >= 0.6 is 0 Å². The monoisotopic (exact) mass is 286 g/mol. The number of pyridine rings is 1. The fraction of sp³-hybridized carbons (Fsp3) is 0.143. The van der Waals surface area contributed by atoms with Gasteiger partial charge in [0.05, 0.1) is 22.4 Å². The summed E-state index contributed by atoms with van der Waals surface area (Å²) in [7, 11) is 0. The lowest BCUT2D eigenvalue weighted by Crippen LogP contribution is -2.15. The molecule has 2 N–H and O–H groups in total. The molecule has 0 aliphatic carbocycles. The topological polar surface area (TPSA) is 97.2 Å². The lowest BCUT2D eigenvalue weighted by molar-refractivity contribution is -0.384. The van der Waals surface area contributed by atoms with Gasteiger partial charge in [0.2, 0.25) is 0 Å². The predicted octanol–water partition coefficient (Wildman–Crippen LogP) is 2.67. The number of anilines is 2. The van der Waals surface area contributed by atoms with Gasteiger partial charge in [-0.25, -0.2) is 0 Å². The number of hydrogen-bond donors (Lipinski definition) is 2. The Hall–Kier alpha value is -2.96. The number of nitrogens with one attached hydrogen (secondary N) is 2. The number of nitrogens with zero attached hydrogens (tertiary/aromatic N) is 2. The summed E-state index contributed by atoms with van der Waals surface area (Å²) in [6, 6.07) is 7.38. The fourth-order valence-corrected chi connectivity index (χ4v) is 1.82. The Kier molecular flexibility index (Phi) is 4.45. The summed E-state index contributed by atoms with van der Waals surface area (Å²) in [6.45, 7) is 2.57. The number of carbonyl (C=O) groups excluding carboxylic acids is 1. The normalized spacial score (nSPS) is 9.95. The molecule has 0 bridgehead atoms. The minimum Gasteiger partial charge on any atom is -0.383 e. The van der Waals surface area contributed by atoms with Crippen molar-refractivity contribution in [1.29, 1.82) is 0 Å². The van der Waals surface area contributed by atoms with Gasteiger partial charge in [-0.2, -0.15) is 0 Å². The third kappa shape index (κ3) is 3.53. The second kappa shape index (κ2) is 6.47. The SMILES string of the molecule is CCNc1cnccc1C(=O)Nc1cccc([N+](=O)[O-])c1. The van der Waals surface area contributed by atoms with E-state index in [-0.39, 0.29) is 11.6 Å². The molecule has 0 aliphatic heterocycles. The molecule has 0 spiro atoms. The van der Waals surface area contributed by atoms with E-state index in [2.05, 4.69) is 15.6 Å². The van der Waals surface area contributed by atoms with Crippen molar-refractivity contribution in [2.75, 3.05) is 17.2 Å². The third-order valence-electron chi connectivity index (χ3n) is 2.75. The van der Waals surface area contributed by atoms with Crippen molar-refractivity contribution in [1.82, 2.24) is 4.98 Å². The van der Waals surface area contributed by atoms with E-state index in [4.69, 9.17) is 0 Å². The maximum atomic E-state index is 12.2. The molecule has 2 rings (SSSR count). The molecule has 0 radical (unpaired) electrons. The molecule has 7 heteroatoms. The molecule has 0 unspecified atom stereocenters. The molecule has 2 aromatic rings. The van der Waals surface area contributed by atoms with Gasteiger partial charge in [0.15, 0.2) is 0 Å². The first-order valence-electron chi connectivity index (χ1n) is 6.35. The van der Waals surface area contributed by atoms with Crippen LogP contribution in [0.15, 0.2) is 42.7 Å². The van der Waals surface area contributed by atoms with Gasteiger partial charge >= 0.3 is 0 Å². The number of aromatic nitrogens is 1. The summed E-state index contributed by atoms with van der Waals surface area (Å²) in [5.41, 5.74) is 1.34. The summed E-state index contributed by atoms with van der Waals surface area (Å²) >= 11 is 0. The van der Waals surface area contributed by atoms with Crippen LogP contribution in [0.5, 0.6) is 0 Å². The molecule has 108 valence electrons. The molecule has 0 atom stereocenters. The maximum absolute atomic E-state index is 12.2. The van der Waals surface area contributed by atoms with E-state index in [0.717, 1.165) is 0 Å². The molecule has 0 aliphatic rings. The van der Waals surface area contributed by atoms with Crippen LogP contribution < -0.4 is 10.6 Å². The number of hydrogen-bond acceptors (Lipinski definition) is 5. The lowest BCUT2D eigenvalue weighted by Gasteiger charge is -2.10. The number of non-ortho nitro benzene ring substituents is 1. The summed E-state index contributed by atoms with van der Waals surface area (Å²) in [6.07, 6.45) is 3.08. The van der Waals surface area contributed by atoms with Crippen molar-refractivity contribution in [2.45, 2.75) is 6.92 Å². The number of nitro benzene ring substituents is 1. The Labute approximate surface area is 121 Å². The van der Waals surface area contributed by atoms with E-state index in [1.54, 1.807) is 18.3 Å². The van der Waals surface area contributed by atoms with Gasteiger partial charge in [-0.3, -0.25) is 19.9 Å². The third-order valence-corrected chi connectivity index (χ3v) is 2.75. The number of amides is 1. The van der Waals surface area contributed by atoms with Gasteiger partial charge in [-0.15, -0.1) is 0 Å². The molecule has 21 heavy (non-hydrogen) atoms. The molecule has 0 saturated heterocycles. The largest absolute Gasteiger partial charge is 0.383 e. The van der Waals surface area contributed by atoms with E-state index in [1.807, 2.05) is 6.92 Å². The zero-order valence-corrected chi connectivity index (χ0v) is 11.4. The van der Waals surface area contributed by atoms with Gasteiger partial charge in [0, 0.05) is 30.6 Å². The maximum Gasteiger partial charge on any atom is 0.271 e. The Morgan fingerprint density at radius 1 is 1.38 bits per heavy atom. The molecule has 1 heterocycles. The molecular weight excluding hydrogens is 272 g/mol. The first-order chi connectivity index (χ1) is 10.1. The van der Waals surface area contributed by atoms with Crippen molar-refractivity contribution >= 4 is 23.0 Å². The average Bonchev–Trinajstić information content (AvgIpc) is 2.48. The quantitative estimate of drug-likeness (QED) is 0.650. The highest BCUT2D eigenvalue weighted by atomic mass is 16.6. The minimum absolute atomic E-state index is 0.0746. The van der Waals surface area contributed by atoms with E-state index in [1.165, 1.54) is 24.4 Å². The fourth-order valence-electron chi connectivity index (χ4n) is 1.82. The van der Waals surface area contributed by atoms with Crippen LogP contribution in [0, 0.1) is 10.1 Å². The molecule has 0 saturated carbocycles. The van der Waals surface area contributed by atoms with E-state index in [9.17, 15) is 14.9 Å². The highest BCUT2D eigenvalue weighted by molar-refractivity contribution is 6.08. The van der Waals surface area contributed by atoms with Crippen molar-refractivity contribution in [3.05, 3.63) is 58.4 Å². The summed E-state index contributed by atoms with van der Waals surface area (Å²) in [5, 5.41) is 16.4. The van der Waals surface area contributed by atoms with E-state index in [0.29, 0.717) is 23.5 Å². The number of rotatable bonds is 5. The minimum atomic E-state index is -0.508. The van der Waals surface area contributed by atoms with Crippen molar-refractivity contribution in [2.24, 2.45) is 0 Å². The first-order valence-corrected chi connectivity index (χ1v) is 6.35. The second-order valence-corrected chi connectivity index (χ2v) is 4.21. The van der Waals surface area contributed by atoms with Gasteiger partial charge in [-0.1, -0.05) is 6.07 Å². The van der Waals surface area contributed by atoms with Crippen LogP contribution in [0.3, 0.4) is 0 Å². The van der Waals surface area contributed by atoms with Gasteiger partial charge in [0.25, 0.3) is 11.6 Å². The Bertz CT molecular complexity index is 673. The molecule has 1 aromatic carbocycles. The van der Waals surface area contributed by atoms with Crippen LogP contribution in [0.1, 0.15) is 17.3 Å². The predicted molar refractivity (Wildman–Crippen MR) is 79.5 cm³/mol. The Morgan fingerprint density at radius 2 is 2.19 bits per heavy atom. The van der Waals surface area contributed by atoms with Gasteiger partial charge in [-0.05, 0) is 19.1 Å². The smallest absolute Gasteiger partial charge is 0.271 e. The zero-order valence-electron chi connectivity index (χ0n) is 11.4. The van der Waals surface area contributed by atoms with Crippen LogP contribution in [0.4, 0.5) is 17.1 Å². The van der Waals surface area contributed by atoms with Crippen LogP contribution in [0.2, 0.25) is 0 Å². The van der Waals surface area contributed by atoms with Gasteiger partial charge < -0.3 is 10.6 Å². The van der Waals surface area contributed by atoms with Gasteiger partial charge in [0.1, 0.15) is 0 Å². The highest BCUT2D eigenvalue weighted by Gasteiger charge is 2.13. The molecule has 7 nitrogen and oxygen atoms in total. The summed E-state index contributed by atoms with van der Waals surface area (Å²) in [5.74, 6) is -0.353.